The van der Waals surface area contributed by atoms with Crippen LogP contribution in [0.4, 0.5) is 5.69 Å². The lowest BCUT2D eigenvalue weighted by Gasteiger charge is -2.27. The molecule has 0 unspecified atom stereocenters. The quantitative estimate of drug-likeness (QED) is 0.475. The highest BCUT2D eigenvalue weighted by molar-refractivity contribution is 5.93. The van der Waals surface area contributed by atoms with E-state index >= 15 is 0 Å². The molecule has 1 fully saturated rings. The maximum Gasteiger partial charge on any atom is 0.195 e. The van der Waals surface area contributed by atoms with Crippen LogP contribution in [0.25, 0.3) is 0 Å². The summed E-state index contributed by atoms with van der Waals surface area (Å²) in [6.07, 6.45) is 6.12. The second-order valence-electron chi connectivity index (χ2n) is 7.07. The van der Waals surface area contributed by atoms with Gasteiger partial charge in [-0.15, -0.1) is 0 Å². The lowest BCUT2D eigenvalue weighted by atomic mass is 9.83. The molecule has 0 radical (unpaired) electrons. The van der Waals surface area contributed by atoms with Gasteiger partial charge in [0.25, 0.3) is 0 Å². The molecular formula is C21H35N3O3. The third kappa shape index (κ3) is 6.31. The SMILES string of the molecule is CCNC(=NCC1(CCOC)CCCC1)Nc1ccc(OC)c(OCC)c1. The average molecular weight is 378 g/mol. The highest BCUT2D eigenvalue weighted by Crippen LogP contribution is 2.41. The zero-order valence-corrected chi connectivity index (χ0v) is 17.3. The summed E-state index contributed by atoms with van der Waals surface area (Å²) in [5, 5.41) is 6.74. The van der Waals surface area contributed by atoms with Crippen molar-refractivity contribution in [3.05, 3.63) is 18.2 Å². The van der Waals surface area contributed by atoms with Gasteiger partial charge in [-0.25, -0.2) is 0 Å². The third-order valence-corrected chi connectivity index (χ3v) is 5.14. The van der Waals surface area contributed by atoms with E-state index < -0.39 is 0 Å². The number of anilines is 1. The Morgan fingerprint density at radius 3 is 2.56 bits per heavy atom. The molecule has 0 aromatic heterocycles. The summed E-state index contributed by atoms with van der Waals surface area (Å²) in [7, 11) is 3.43. The number of rotatable bonds is 10. The number of nitrogens with one attached hydrogen (secondary N) is 2. The molecule has 1 aliphatic carbocycles. The monoisotopic (exact) mass is 377 g/mol. The molecule has 0 aliphatic heterocycles. The Bertz CT molecular complexity index is 598. The molecule has 0 bridgehead atoms. The van der Waals surface area contributed by atoms with Crippen molar-refractivity contribution in [2.75, 3.05) is 45.8 Å². The number of ether oxygens (including phenoxy) is 3. The fourth-order valence-corrected chi connectivity index (χ4v) is 3.64. The highest BCUT2D eigenvalue weighted by Gasteiger charge is 2.33. The number of benzene rings is 1. The maximum atomic E-state index is 5.67. The van der Waals surface area contributed by atoms with Crippen molar-refractivity contribution < 1.29 is 14.2 Å². The summed E-state index contributed by atoms with van der Waals surface area (Å²) >= 11 is 0. The van der Waals surface area contributed by atoms with Crippen LogP contribution in [0.1, 0.15) is 46.0 Å². The number of nitrogens with zero attached hydrogens (tertiary/aromatic N) is 1. The molecule has 2 rings (SSSR count). The van der Waals surface area contributed by atoms with E-state index in [1.54, 1.807) is 14.2 Å². The van der Waals surface area contributed by atoms with E-state index in [-0.39, 0.29) is 5.41 Å². The number of hydrogen-bond donors (Lipinski definition) is 2. The number of hydrogen-bond acceptors (Lipinski definition) is 4. The Morgan fingerprint density at radius 2 is 1.93 bits per heavy atom. The second-order valence-corrected chi connectivity index (χ2v) is 7.07. The van der Waals surface area contributed by atoms with Gasteiger partial charge in [0, 0.05) is 38.6 Å². The van der Waals surface area contributed by atoms with Crippen LogP contribution in [0, 0.1) is 5.41 Å². The number of aliphatic imine (C=N–C) groups is 1. The summed E-state index contributed by atoms with van der Waals surface area (Å²) in [4.78, 5) is 4.90. The fourth-order valence-electron chi connectivity index (χ4n) is 3.64. The zero-order chi connectivity index (χ0) is 19.5. The molecule has 152 valence electrons. The number of guanidine groups is 1. The molecule has 0 spiro atoms. The average Bonchev–Trinajstić information content (AvgIpc) is 3.14. The lowest BCUT2D eigenvalue weighted by Crippen LogP contribution is -2.33. The fraction of sp³-hybridized carbons (Fsp3) is 0.667. The van der Waals surface area contributed by atoms with E-state index in [9.17, 15) is 0 Å². The largest absolute Gasteiger partial charge is 0.493 e. The van der Waals surface area contributed by atoms with E-state index in [1.165, 1.54) is 25.7 Å². The molecule has 1 aromatic carbocycles. The van der Waals surface area contributed by atoms with Crippen LogP contribution >= 0.6 is 0 Å². The molecule has 1 aliphatic rings. The minimum Gasteiger partial charge on any atom is -0.493 e. The minimum absolute atomic E-state index is 0.273. The van der Waals surface area contributed by atoms with E-state index in [0.29, 0.717) is 6.61 Å². The molecule has 1 aromatic rings. The topological polar surface area (TPSA) is 64.1 Å². The summed E-state index contributed by atoms with van der Waals surface area (Å²) in [6.45, 7) is 7.07. The summed E-state index contributed by atoms with van der Waals surface area (Å²) in [6, 6.07) is 5.84. The van der Waals surface area contributed by atoms with Gasteiger partial charge in [-0.3, -0.25) is 4.99 Å². The van der Waals surface area contributed by atoms with Crippen molar-refractivity contribution in [2.45, 2.75) is 46.0 Å². The Hall–Kier alpha value is -1.95. The first kappa shape index (κ1) is 21.4. The second kappa shape index (κ2) is 11.0. The predicted octanol–water partition coefficient (Wildman–Crippen LogP) is 4.07. The molecule has 1 saturated carbocycles. The van der Waals surface area contributed by atoms with Crippen molar-refractivity contribution >= 4 is 11.6 Å². The lowest BCUT2D eigenvalue weighted by molar-refractivity contribution is 0.141. The summed E-state index contributed by atoms with van der Waals surface area (Å²) in [5.41, 5.74) is 1.20. The smallest absolute Gasteiger partial charge is 0.195 e. The molecule has 2 N–H and O–H groups in total. The highest BCUT2D eigenvalue weighted by atomic mass is 16.5. The van der Waals surface area contributed by atoms with Crippen molar-refractivity contribution in [1.29, 1.82) is 0 Å². The first-order chi connectivity index (χ1) is 13.2. The van der Waals surface area contributed by atoms with Gasteiger partial charge in [0.15, 0.2) is 17.5 Å². The Labute approximate surface area is 163 Å². The normalized spacial score (nSPS) is 16.2. The minimum atomic E-state index is 0.273. The van der Waals surface area contributed by atoms with Crippen molar-refractivity contribution in [1.82, 2.24) is 5.32 Å². The van der Waals surface area contributed by atoms with Crippen LogP contribution in [-0.4, -0.2) is 46.5 Å². The van der Waals surface area contributed by atoms with Gasteiger partial charge >= 0.3 is 0 Å². The molecule has 27 heavy (non-hydrogen) atoms. The summed E-state index contributed by atoms with van der Waals surface area (Å²) < 4.78 is 16.4. The van der Waals surface area contributed by atoms with Crippen LogP contribution in [0.15, 0.2) is 23.2 Å². The van der Waals surface area contributed by atoms with Crippen molar-refractivity contribution in [3.8, 4) is 11.5 Å². The first-order valence-corrected chi connectivity index (χ1v) is 10.0. The van der Waals surface area contributed by atoms with Crippen molar-refractivity contribution in [3.63, 3.8) is 0 Å². The van der Waals surface area contributed by atoms with E-state index in [1.807, 2.05) is 25.1 Å². The van der Waals surface area contributed by atoms with E-state index in [0.717, 1.165) is 49.3 Å². The van der Waals surface area contributed by atoms with Gasteiger partial charge in [-0.05, 0) is 50.7 Å². The van der Waals surface area contributed by atoms with Gasteiger partial charge in [0.2, 0.25) is 0 Å². The van der Waals surface area contributed by atoms with Crippen LogP contribution in [0.3, 0.4) is 0 Å². The van der Waals surface area contributed by atoms with Crippen LogP contribution < -0.4 is 20.1 Å². The Morgan fingerprint density at radius 1 is 1.15 bits per heavy atom. The molecule has 6 heteroatoms. The van der Waals surface area contributed by atoms with Crippen LogP contribution in [0.2, 0.25) is 0 Å². The molecule has 0 heterocycles. The third-order valence-electron chi connectivity index (χ3n) is 5.14. The Kier molecular flexibility index (Phi) is 8.72. The maximum absolute atomic E-state index is 5.67. The Balaban J connectivity index is 2.12. The molecule has 0 amide bonds. The first-order valence-electron chi connectivity index (χ1n) is 10.0. The van der Waals surface area contributed by atoms with Crippen molar-refractivity contribution in [2.24, 2.45) is 10.4 Å². The number of methoxy groups -OCH3 is 2. The standard InChI is InChI=1S/C21H35N3O3/c1-5-22-20(23-16-21(13-14-25-3)11-7-8-12-21)24-17-9-10-18(26-4)19(15-17)27-6-2/h9-10,15H,5-8,11-14,16H2,1-4H3,(H2,22,23,24). The van der Waals surface area contributed by atoms with Crippen LogP contribution in [-0.2, 0) is 4.74 Å². The predicted molar refractivity (Wildman–Crippen MR) is 111 cm³/mol. The van der Waals surface area contributed by atoms with Gasteiger partial charge in [-0.1, -0.05) is 12.8 Å². The molecule has 0 saturated heterocycles. The molecular weight excluding hydrogens is 342 g/mol. The van der Waals surface area contributed by atoms with Gasteiger partial charge in [0.1, 0.15) is 0 Å². The van der Waals surface area contributed by atoms with Crippen LogP contribution in [0.5, 0.6) is 11.5 Å². The zero-order valence-electron chi connectivity index (χ0n) is 17.3. The van der Waals surface area contributed by atoms with E-state index in [4.69, 9.17) is 19.2 Å². The van der Waals surface area contributed by atoms with E-state index in [2.05, 4.69) is 17.6 Å². The van der Waals surface area contributed by atoms with Gasteiger partial charge in [-0.2, -0.15) is 0 Å². The molecule has 0 atom stereocenters. The molecule has 6 nitrogen and oxygen atoms in total. The summed E-state index contributed by atoms with van der Waals surface area (Å²) in [5.74, 6) is 2.26. The van der Waals surface area contributed by atoms with Gasteiger partial charge in [0.05, 0.1) is 13.7 Å². The van der Waals surface area contributed by atoms with Gasteiger partial charge < -0.3 is 24.8 Å².